The minimum Gasteiger partial charge on any atom is -0.480 e. The number of aliphatic hydroxyl groups is 1. The number of nitrogens with one attached hydrogen (secondary N) is 4. The zero-order chi connectivity index (χ0) is 44.4. The molecule has 1 fully saturated rings. The minimum atomic E-state index is -4.66. The van der Waals surface area contributed by atoms with Crippen molar-refractivity contribution in [1.29, 1.82) is 0 Å². The standard InChI is InChI=1S/C41H64N7O11P/c1-27(2)21-32(44-40(54)35-18-14-20-48(35)29(4)50)37(51)43-33(38(52)45-34(24-49)39(53)46-36(41(55)56)28(3)25-60(57,58)59)22-31-23-42-26-47(31)19-13-8-6-5-7-10-15-30-16-11-9-12-17-30/h9,11-12,16-17,23,26-28,32-36,49H,5-8,10,13-15,18-22,24-25H2,1-4H3,(H,43,51)(H,44,54)(H,45,52)(H,46,53)(H,55,56)(H2,57,58,59)/t28-,32-,33-,34-,35-,36-/m0/s1. The van der Waals surface area contributed by atoms with Gasteiger partial charge in [0.2, 0.25) is 29.5 Å². The van der Waals surface area contributed by atoms with Gasteiger partial charge in [0.05, 0.1) is 19.1 Å². The number of aryl methyl sites for hydroxylation is 2. The summed E-state index contributed by atoms with van der Waals surface area (Å²) in [5.41, 5.74) is 1.90. The van der Waals surface area contributed by atoms with Crippen LogP contribution in [0.2, 0.25) is 0 Å². The Hall–Kier alpha value is -4.64. The third kappa shape index (κ3) is 16.8. The molecule has 0 spiro atoms. The van der Waals surface area contributed by atoms with E-state index in [1.807, 2.05) is 36.6 Å². The van der Waals surface area contributed by atoms with Gasteiger partial charge in [0, 0.05) is 38.3 Å². The summed E-state index contributed by atoms with van der Waals surface area (Å²) in [5, 5.41) is 29.9. The van der Waals surface area contributed by atoms with E-state index in [1.165, 1.54) is 24.3 Å². The smallest absolute Gasteiger partial charge is 0.326 e. The van der Waals surface area contributed by atoms with E-state index >= 15 is 0 Å². The first-order chi connectivity index (χ1) is 28.4. The summed E-state index contributed by atoms with van der Waals surface area (Å²) in [6.07, 6.45) is 10.6. The fraction of sp³-hybridized carbons (Fsp3) is 0.634. The van der Waals surface area contributed by atoms with E-state index in [2.05, 4.69) is 38.4 Å². The predicted molar refractivity (Wildman–Crippen MR) is 222 cm³/mol. The highest BCUT2D eigenvalue weighted by atomic mass is 31.2. The average Bonchev–Trinajstić information content (AvgIpc) is 3.86. The molecular formula is C41H64N7O11P. The molecule has 334 valence electrons. The van der Waals surface area contributed by atoms with Crippen LogP contribution >= 0.6 is 7.60 Å². The van der Waals surface area contributed by atoms with Crippen LogP contribution in [-0.2, 0) is 52.7 Å². The SMILES string of the molecule is CC(=O)N1CCC[C@H]1C(=O)N[C@@H](CC(C)C)C(=O)N[C@@H](Cc1cncn1CCCCCCCCc1ccccc1)C(=O)N[C@@H](CO)C(=O)N[C@H](C(=O)O)[C@@H](C)CP(=O)(O)O. The Balaban J connectivity index is 1.76. The second-order valence-electron chi connectivity index (χ2n) is 16.2. The van der Waals surface area contributed by atoms with Gasteiger partial charge in [-0.05, 0) is 55.9 Å². The lowest BCUT2D eigenvalue weighted by molar-refractivity contribution is -0.143. The Bertz CT molecular complexity index is 1770. The van der Waals surface area contributed by atoms with Crippen molar-refractivity contribution in [3.05, 3.63) is 54.1 Å². The van der Waals surface area contributed by atoms with Crippen LogP contribution in [0.1, 0.15) is 96.7 Å². The fourth-order valence-corrected chi connectivity index (χ4v) is 8.37. The monoisotopic (exact) mass is 861 g/mol. The van der Waals surface area contributed by atoms with Crippen LogP contribution in [0.15, 0.2) is 42.9 Å². The Labute approximate surface area is 351 Å². The van der Waals surface area contributed by atoms with Crippen molar-refractivity contribution in [2.75, 3.05) is 19.3 Å². The van der Waals surface area contributed by atoms with Gasteiger partial charge in [-0.25, -0.2) is 9.78 Å². The van der Waals surface area contributed by atoms with E-state index in [0.29, 0.717) is 31.6 Å². The number of hydrogen-bond donors (Lipinski definition) is 8. The zero-order valence-corrected chi connectivity index (χ0v) is 36.0. The number of rotatable bonds is 26. The number of aliphatic carboxylic acids is 1. The second-order valence-corrected chi connectivity index (χ2v) is 17.8. The summed E-state index contributed by atoms with van der Waals surface area (Å²) in [7, 11) is -4.66. The first-order valence-corrected chi connectivity index (χ1v) is 22.6. The van der Waals surface area contributed by atoms with Gasteiger partial charge in [-0.1, -0.05) is 76.8 Å². The highest BCUT2D eigenvalue weighted by molar-refractivity contribution is 7.51. The second kappa shape index (κ2) is 24.6. The molecule has 1 aliphatic rings. The Morgan fingerprint density at radius 3 is 2.08 bits per heavy atom. The van der Waals surface area contributed by atoms with Crippen molar-refractivity contribution < 1.29 is 53.3 Å². The van der Waals surface area contributed by atoms with Gasteiger partial charge in [0.1, 0.15) is 30.2 Å². The molecule has 1 aromatic heterocycles. The maximum absolute atomic E-state index is 14.0. The summed E-state index contributed by atoms with van der Waals surface area (Å²) in [4.78, 5) is 103. The molecule has 2 heterocycles. The molecular weight excluding hydrogens is 797 g/mol. The first kappa shape index (κ1) is 49.7. The maximum atomic E-state index is 14.0. The van der Waals surface area contributed by atoms with Gasteiger partial charge in [-0.15, -0.1) is 0 Å². The van der Waals surface area contributed by atoms with Crippen LogP contribution in [0.25, 0.3) is 0 Å². The van der Waals surface area contributed by atoms with E-state index in [-0.39, 0.29) is 24.7 Å². The Morgan fingerprint density at radius 1 is 0.850 bits per heavy atom. The number of benzene rings is 1. The largest absolute Gasteiger partial charge is 0.480 e. The number of hydrogen-bond acceptors (Lipinski definition) is 9. The average molecular weight is 862 g/mol. The molecule has 1 aliphatic heterocycles. The molecule has 19 heteroatoms. The number of nitrogens with zero attached hydrogens (tertiary/aromatic N) is 3. The molecule has 2 aromatic rings. The summed E-state index contributed by atoms with van der Waals surface area (Å²) < 4.78 is 13.4. The number of likely N-dealkylation sites (tertiary alicyclic amines) is 1. The number of carbonyl (C=O) groups excluding carboxylic acids is 5. The van der Waals surface area contributed by atoms with Crippen LogP contribution in [-0.4, -0.2) is 119 Å². The lowest BCUT2D eigenvalue weighted by Gasteiger charge is -2.28. The molecule has 1 aromatic carbocycles. The molecule has 0 unspecified atom stereocenters. The number of aromatic nitrogens is 2. The lowest BCUT2D eigenvalue weighted by Crippen LogP contribution is -2.60. The van der Waals surface area contributed by atoms with Crippen molar-refractivity contribution >= 4 is 43.1 Å². The van der Waals surface area contributed by atoms with E-state index in [0.717, 1.165) is 44.9 Å². The normalized spacial score (nSPS) is 16.7. The molecule has 6 atom stereocenters. The van der Waals surface area contributed by atoms with Crippen LogP contribution < -0.4 is 21.3 Å². The summed E-state index contributed by atoms with van der Waals surface area (Å²) in [6, 6.07) is 3.63. The van der Waals surface area contributed by atoms with Crippen molar-refractivity contribution in [2.45, 2.75) is 135 Å². The number of carbonyl (C=O) groups is 6. The van der Waals surface area contributed by atoms with E-state index in [4.69, 9.17) is 0 Å². The molecule has 3 rings (SSSR count). The quantitative estimate of drug-likeness (QED) is 0.0498. The summed E-state index contributed by atoms with van der Waals surface area (Å²) in [6.45, 7) is 6.31. The molecule has 8 N–H and O–H groups in total. The maximum Gasteiger partial charge on any atom is 0.326 e. The van der Waals surface area contributed by atoms with Crippen LogP contribution in [0.5, 0.6) is 0 Å². The topological polar surface area (TPSA) is 270 Å². The van der Waals surface area contributed by atoms with Gasteiger partial charge < -0.3 is 50.7 Å². The van der Waals surface area contributed by atoms with Gasteiger partial charge in [0.25, 0.3) is 0 Å². The summed E-state index contributed by atoms with van der Waals surface area (Å²) in [5.74, 6) is -6.42. The van der Waals surface area contributed by atoms with Crippen LogP contribution in [0, 0.1) is 11.8 Å². The van der Waals surface area contributed by atoms with Crippen LogP contribution in [0.3, 0.4) is 0 Å². The van der Waals surface area contributed by atoms with Crippen molar-refractivity contribution in [3.63, 3.8) is 0 Å². The van der Waals surface area contributed by atoms with E-state index < -0.39 is 86.1 Å². The van der Waals surface area contributed by atoms with Crippen LogP contribution in [0.4, 0.5) is 0 Å². The highest BCUT2D eigenvalue weighted by Crippen LogP contribution is 2.37. The van der Waals surface area contributed by atoms with Crippen molar-refractivity contribution in [3.8, 4) is 0 Å². The van der Waals surface area contributed by atoms with Gasteiger partial charge in [-0.3, -0.25) is 28.5 Å². The molecule has 18 nitrogen and oxygen atoms in total. The third-order valence-electron chi connectivity index (χ3n) is 10.6. The molecule has 1 saturated heterocycles. The fourth-order valence-electron chi connectivity index (χ4n) is 7.41. The lowest BCUT2D eigenvalue weighted by atomic mass is 10.0. The number of unbranched alkanes of at least 4 members (excludes halogenated alkanes) is 5. The van der Waals surface area contributed by atoms with E-state index in [1.54, 1.807) is 12.5 Å². The molecule has 5 amide bonds. The van der Waals surface area contributed by atoms with Gasteiger partial charge >= 0.3 is 13.6 Å². The van der Waals surface area contributed by atoms with E-state index in [9.17, 15) is 53.3 Å². The third-order valence-corrected chi connectivity index (χ3v) is 11.6. The Kier molecular flexibility index (Phi) is 20.4. The first-order valence-electron chi connectivity index (χ1n) is 20.8. The van der Waals surface area contributed by atoms with Crippen molar-refractivity contribution in [2.24, 2.45) is 11.8 Å². The number of aliphatic hydroxyl groups excluding tert-OH is 1. The molecule has 0 bridgehead atoms. The number of amides is 5. The molecule has 60 heavy (non-hydrogen) atoms. The minimum absolute atomic E-state index is 0.0799. The highest BCUT2D eigenvalue weighted by Gasteiger charge is 2.37. The summed E-state index contributed by atoms with van der Waals surface area (Å²) >= 11 is 0. The Morgan fingerprint density at radius 2 is 1.47 bits per heavy atom. The van der Waals surface area contributed by atoms with Gasteiger partial charge in [-0.2, -0.15) is 0 Å². The predicted octanol–water partition coefficient (Wildman–Crippen LogP) is 1.90. The van der Waals surface area contributed by atoms with Crippen molar-refractivity contribution in [1.82, 2.24) is 35.7 Å². The van der Waals surface area contributed by atoms with Gasteiger partial charge in [0.15, 0.2) is 0 Å². The number of carboxylic acid groups (broad SMARTS) is 1. The molecule has 0 radical (unpaired) electrons. The zero-order valence-electron chi connectivity index (χ0n) is 35.1. The number of imidazole rings is 1. The molecule has 0 saturated carbocycles. The molecule has 0 aliphatic carbocycles. The number of carboxylic acids is 1.